The molecule has 6 nitrogen and oxygen atoms in total. The molecule has 0 atom stereocenters. The highest BCUT2D eigenvalue weighted by atomic mass is 79.9. The minimum Gasteiger partial charge on any atom is -0.376 e. The van der Waals surface area contributed by atoms with Crippen LogP contribution in [0.4, 0.5) is 5.69 Å². The molecule has 0 radical (unpaired) electrons. The molecule has 0 heterocycles. The third-order valence-electron chi connectivity index (χ3n) is 3.16. The molecule has 7 heteroatoms. The molecule has 0 aliphatic carbocycles. The monoisotopic (exact) mass is 389 g/mol. The van der Waals surface area contributed by atoms with E-state index in [4.69, 9.17) is 0 Å². The Morgan fingerprint density at radius 2 is 1.75 bits per heavy atom. The van der Waals surface area contributed by atoms with Crippen LogP contribution < -0.4 is 16.2 Å². The van der Waals surface area contributed by atoms with E-state index >= 15 is 0 Å². The van der Waals surface area contributed by atoms with Gasteiger partial charge in [-0.1, -0.05) is 24.3 Å². The van der Waals surface area contributed by atoms with E-state index < -0.39 is 11.8 Å². The molecule has 2 amide bonds. The topological polar surface area (TPSA) is 87.3 Å². The Labute approximate surface area is 147 Å². The van der Waals surface area contributed by atoms with Gasteiger partial charge in [-0.2, -0.15) is 0 Å². The van der Waals surface area contributed by atoms with Gasteiger partial charge >= 0.3 is 0 Å². The van der Waals surface area contributed by atoms with Gasteiger partial charge in [0, 0.05) is 15.7 Å². The molecule has 0 fully saturated rings. The van der Waals surface area contributed by atoms with E-state index in [1.54, 1.807) is 48.5 Å². The fourth-order valence-electron chi connectivity index (χ4n) is 1.91. The summed E-state index contributed by atoms with van der Waals surface area (Å²) in [6, 6.07) is 13.7. The van der Waals surface area contributed by atoms with Crippen molar-refractivity contribution in [1.82, 2.24) is 10.9 Å². The first-order valence-corrected chi connectivity index (χ1v) is 7.95. The molecule has 2 rings (SSSR count). The van der Waals surface area contributed by atoms with Gasteiger partial charge in [0.1, 0.15) is 0 Å². The average molecular weight is 390 g/mol. The van der Waals surface area contributed by atoms with Gasteiger partial charge in [0.05, 0.1) is 12.1 Å². The molecule has 0 bridgehead atoms. The quantitative estimate of drug-likeness (QED) is 0.541. The van der Waals surface area contributed by atoms with Crippen LogP contribution in [0.15, 0.2) is 53.0 Å². The molecule has 24 heavy (non-hydrogen) atoms. The zero-order valence-electron chi connectivity index (χ0n) is 12.9. The highest BCUT2D eigenvalue weighted by molar-refractivity contribution is 9.10. The fourth-order valence-corrected chi connectivity index (χ4v) is 2.38. The van der Waals surface area contributed by atoms with Crippen LogP contribution in [-0.4, -0.2) is 24.1 Å². The maximum atomic E-state index is 12.0. The van der Waals surface area contributed by atoms with Crippen molar-refractivity contribution in [3.63, 3.8) is 0 Å². The van der Waals surface area contributed by atoms with E-state index in [0.29, 0.717) is 21.3 Å². The van der Waals surface area contributed by atoms with Crippen molar-refractivity contribution < 1.29 is 14.4 Å². The summed E-state index contributed by atoms with van der Waals surface area (Å²) in [6.07, 6.45) is 0. The third kappa shape index (κ3) is 4.92. The number of halogens is 1. The van der Waals surface area contributed by atoms with Crippen LogP contribution in [-0.2, 0) is 4.79 Å². The number of carbonyl (C=O) groups excluding carboxylic acids is 3. The molecule has 0 spiro atoms. The van der Waals surface area contributed by atoms with Gasteiger partial charge in [-0.25, -0.2) is 0 Å². The number of nitrogens with one attached hydrogen (secondary N) is 3. The summed E-state index contributed by atoms with van der Waals surface area (Å²) in [5, 5.41) is 2.89. The molecule has 0 saturated heterocycles. The molecular weight excluding hydrogens is 374 g/mol. The van der Waals surface area contributed by atoms with Crippen LogP contribution in [0.1, 0.15) is 27.6 Å². The van der Waals surface area contributed by atoms with Crippen molar-refractivity contribution in [3.05, 3.63) is 64.1 Å². The van der Waals surface area contributed by atoms with E-state index in [2.05, 4.69) is 32.1 Å². The summed E-state index contributed by atoms with van der Waals surface area (Å²) in [5.74, 6) is -0.887. The summed E-state index contributed by atoms with van der Waals surface area (Å²) < 4.78 is 0.635. The van der Waals surface area contributed by atoms with E-state index in [9.17, 15) is 14.4 Å². The van der Waals surface area contributed by atoms with Crippen molar-refractivity contribution >= 4 is 39.2 Å². The Morgan fingerprint density at radius 1 is 1.00 bits per heavy atom. The average Bonchev–Trinajstić information content (AvgIpc) is 2.58. The molecule has 124 valence electrons. The number of anilines is 1. The first kappa shape index (κ1) is 17.7. The number of hydrogen-bond donors (Lipinski definition) is 3. The van der Waals surface area contributed by atoms with Gasteiger partial charge in [-0.3, -0.25) is 25.2 Å². The lowest BCUT2D eigenvalue weighted by atomic mass is 10.1. The molecule has 2 aromatic carbocycles. The van der Waals surface area contributed by atoms with Gasteiger partial charge in [-0.15, -0.1) is 0 Å². The van der Waals surface area contributed by atoms with E-state index in [0.717, 1.165) is 0 Å². The van der Waals surface area contributed by atoms with Gasteiger partial charge in [0.25, 0.3) is 11.8 Å². The fraction of sp³-hybridized carbons (Fsp3) is 0.118. The SMILES string of the molecule is CC(=O)c1cccc(NCC(=O)NNC(=O)c2ccccc2Br)c1. The van der Waals surface area contributed by atoms with Crippen LogP contribution in [0.3, 0.4) is 0 Å². The maximum Gasteiger partial charge on any atom is 0.270 e. The second-order valence-corrected chi connectivity index (χ2v) is 5.83. The minimum atomic E-state index is -0.422. The molecular formula is C17H16BrN3O3. The number of Topliss-reactive ketones (excluding diaryl/α,β-unsaturated/α-hetero) is 1. The summed E-state index contributed by atoms with van der Waals surface area (Å²) in [7, 11) is 0. The lowest BCUT2D eigenvalue weighted by Gasteiger charge is -2.10. The Bertz CT molecular complexity index is 777. The van der Waals surface area contributed by atoms with Gasteiger partial charge in [0.15, 0.2) is 5.78 Å². The molecule has 0 saturated carbocycles. The van der Waals surface area contributed by atoms with Crippen molar-refractivity contribution in [2.24, 2.45) is 0 Å². The minimum absolute atomic E-state index is 0.0441. The maximum absolute atomic E-state index is 12.0. The number of carbonyl (C=O) groups is 3. The summed E-state index contributed by atoms with van der Waals surface area (Å²) >= 11 is 3.27. The molecule has 0 aliphatic rings. The number of hydrogen-bond acceptors (Lipinski definition) is 4. The van der Waals surface area contributed by atoms with Crippen molar-refractivity contribution in [3.8, 4) is 0 Å². The van der Waals surface area contributed by atoms with Crippen molar-refractivity contribution in [2.45, 2.75) is 6.92 Å². The van der Waals surface area contributed by atoms with Gasteiger partial charge in [0.2, 0.25) is 0 Å². The van der Waals surface area contributed by atoms with Gasteiger partial charge in [-0.05, 0) is 47.1 Å². The Kier molecular flexibility index (Phi) is 6.08. The van der Waals surface area contributed by atoms with E-state index in [1.165, 1.54) is 6.92 Å². The number of benzene rings is 2. The van der Waals surface area contributed by atoms with E-state index in [-0.39, 0.29) is 12.3 Å². The second kappa shape index (κ2) is 8.26. The molecule has 2 aromatic rings. The number of rotatable bonds is 5. The van der Waals surface area contributed by atoms with Crippen LogP contribution >= 0.6 is 15.9 Å². The first-order valence-electron chi connectivity index (χ1n) is 7.16. The predicted octanol–water partition coefficient (Wildman–Crippen LogP) is 2.52. The smallest absolute Gasteiger partial charge is 0.270 e. The van der Waals surface area contributed by atoms with Crippen LogP contribution in [0.25, 0.3) is 0 Å². The molecule has 3 N–H and O–H groups in total. The summed E-state index contributed by atoms with van der Waals surface area (Å²) in [5.41, 5.74) is 6.29. The van der Waals surface area contributed by atoms with Crippen molar-refractivity contribution in [1.29, 1.82) is 0 Å². The molecule has 0 aromatic heterocycles. The number of ketones is 1. The predicted molar refractivity (Wildman–Crippen MR) is 94.7 cm³/mol. The summed E-state index contributed by atoms with van der Waals surface area (Å²) in [4.78, 5) is 35.1. The van der Waals surface area contributed by atoms with Crippen LogP contribution in [0, 0.1) is 0 Å². The Hall–Kier alpha value is -2.67. The largest absolute Gasteiger partial charge is 0.376 e. The lowest BCUT2D eigenvalue weighted by molar-refractivity contribution is -0.120. The van der Waals surface area contributed by atoms with Crippen LogP contribution in [0.2, 0.25) is 0 Å². The Balaban J connectivity index is 1.84. The Morgan fingerprint density at radius 3 is 2.46 bits per heavy atom. The number of amides is 2. The first-order chi connectivity index (χ1) is 11.5. The standard InChI is InChI=1S/C17H16BrN3O3/c1-11(22)12-5-4-6-13(9-12)19-10-16(23)20-21-17(24)14-7-2-3-8-15(14)18/h2-9,19H,10H2,1H3,(H,20,23)(H,21,24). The lowest BCUT2D eigenvalue weighted by Crippen LogP contribution is -2.44. The highest BCUT2D eigenvalue weighted by Gasteiger charge is 2.10. The molecule has 0 unspecified atom stereocenters. The second-order valence-electron chi connectivity index (χ2n) is 4.97. The van der Waals surface area contributed by atoms with Crippen LogP contribution in [0.5, 0.6) is 0 Å². The zero-order chi connectivity index (χ0) is 17.5. The van der Waals surface area contributed by atoms with Gasteiger partial charge < -0.3 is 5.32 Å². The number of hydrazine groups is 1. The zero-order valence-corrected chi connectivity index (χ0v) is 14.5. The van der Waals surface area contributed by atoms with E-state index in [1.807, 2.05) is 0 Å². The third-order valence-corrected chi connectivity index (χ3v) is 3.85. The molecule has 0 aliphatic heterocycles. The van der Waals surface area contributed by atoms with Crippen molar-refractivity contribution in [2.75, 3.05) is 11.9 Å². The normalized spacial score (nSPS) is 9.92. The summed E-state index contributed by atoms with van der Waals surface area (Å²) in [6.45, 7) is 1.43. The highest BCUT2D eigenvalue weighted by Crippen LogP contribution is 2.15.